The molecule has 0 atom stereocenters. The van der Waals surface area contributed by atoms with Crippen LogP contribution in [0.2, 0.25) is 10.0 Å². The van der Waals surface area contributed by atoms with Gasteiger partial charge in [-0.15, -0.1) is 0 Å². The summed E-state index contributed by atoms with van der Waals surface area (Å²) < 4.78 is 13.4. The van der Waals surface area contributed by atoms with Crippen LogP contribution >= 0.6 is 39.1 Å². The van der Waals surface area contributed by atoms with Gasteiger partial charge in [-0.25, -0.2) is 9.78 Å². The van der Waals surface area contributed by atoms with Crippen molar-refractivity contribution in [1.82, 2.24) is 14.7 Å². The first-order valence-electron chi connectivity index (χ1n) is 14.2. The first kappa shape index (κ1) is 35.2. The molecule has 0 unspecified atom stereocenters. The number of nitrogens with zero attached hydrogens (tertiary/aromatic N) is 3. The molecule has 0 saturated carbocycles. The van der Waals surface area contributed by atoms with Crippen molar-refractivity contribution in [2.75, 3.05) is 30.4 Å². The average molecular weight is 743 g/mol. The summed E-state index contributed by atoms with van der Waals surface area (Å²) >= 11 is 16.7. The van der Waals surface area contributed by atoms with Gasteiger partial charge in [-0.1, -0.05) is 35.3 Å². The minimum atomic E-state index is -0.608. The van der Waals surface area contributed by atoms with Crippen LogP contribution < -0.4 is 20.3 Å². The average Bonchev–Trinajstić information content (AvgIpc) is 3.35. The number of benzene rings is 2. The molecule has 0 aliphatic carbocycles. The van der Waals surface area contributed by atoms with Gasteiger partial charge < -0.3 is 25.0 Å². The van der Waals surface area contributed by atoms with Crippen LogP contribution in [0.25, 0.3) is 11.7 Å². The topological polar surface area (TPSA) is 131 Å². The number of ether oxygens (including phenoxy) is 2. The van der Waals surface area contributed by atoms with Crippen molar-refractivity contribution in [3.8, 4) is 5.75 Å². The van der Waals surface area contributed by atoms with Gasteiger partial charge in [0.15, 0.2) is 11.4 Å². The summed E-state index contributed by atoms with van der Waals surface area (Å²) in [6.45, 7) is 3.50. The molecular formula is C33H30BrCl2N5O6. The standard InChI is InChI=1S/C33H30BrCl2N5O6/c1-4-46-30(45)16-15-28(43)39-22-10-7-21(8-11-22)9-14-27(42)37-18-29(44)40(3)25-13-12-24(35)23(31(25)36)19-47-26-6-5-17-41-32(34)20(2)38-33(26)41/h5-17H,4,18-19H2,1-3H3,(H,37,42)(H,39,43). The molecule has 0 fully saturated rings. The number of aryl methyl sites for hydroxylation is 1. The molecular weight excluding hydrogens is 713 g/mol. The molecule has 0 aliphatic heterocycles. The Morgan fingerprint density at radius 3 is 2.49 bits per heavy atom. The van der Waals surface area contributed by atoms with E-state index in [9.17, 15) is 19.2 Å². The fraction of sp³-hybridized carbons (Fsp3) is 0.182. The zero-order valence-corrected chi connectivity index (χ0v) is 28.6. The van der Waals surface area contributed by atoms with E-state index in [-0.39, 0.29) is 24.8 Å². The van der Waals surface area contributed by atoms with E-state index in [1.807, 2.05) is 23.6 Å². The summed E-state index contributed by atoms with van der Waals surface area (Å²) in [6.07, 6.45) is 6.82. The summed E-state index contributed by atoms with van der Waals surface area (Å²) in [6, 6.07) is 13.5. The van der Waals surface area contributed by atoms with Crippen molar-refractivity contribution in [1.29, 1.82) is 0 Å². The number of carbonyl (C=O) groups is 4. The maximum Gasteiger partial charge on any atom is 0.330 e. The lowest BCUT2D eigenvalue weighted by Gasteiger charge is -2.21. The molecule has 0 radical (unpaired) electrons. The molecule has 11 nitrogen and oxygen atoms in total. The third-order valence-electron chi connectivity index (χ3n) is 6.66. The Kier molecular flexibility index (Phi) is 12.2. The second kappa shape index (κ2) is 16.3. The number of likely N-dealkylation sites (N-methyl/N-ethyl adjacent to an activating group) is 1. The Bertz CT molecular complexity index is 1870. The van der Waals surface area contributed by atoms with E-state index in [1.54, 1.807) is 62.5 Å². The number of aromatic nitrogens is 2. The van der Waals surface area contributed by atoms with Crippen LogP contribution in [0.3, 0.4) is 0 Å². The molecule has 2 N–H and O–H groups in total. The first-order chi connectivity index (χ1) is 22.5. The molecule has 244 valence electrons. The Morgan fingerprint density at radius 1 is 1.02 bits per heavy atom. The highest BCUT2D eigenvalue weighted by Crippen LogP contribution is 2.35. The van der Waals surface area contributed by atoms with Crippen molar-refractivity contribution < 1.29 is 28.7 Å². The highest BCUT2D eigenvalue weighted by Gasteiger charge is 2.20. The second-order valence-corrected chi connectivity index (χ2v) is 11.4. The Labute approximate surface area is 289 Å². The Hall–Kier alpha value is -4.65. The van der Waals surface area contributed by atoms with Crippen LogP contribution in [-0.2, 0) is 30.5 Å². The normalized spacial score (nSPS) is 11.2. The summed E-state index contributed by atoms with van der Waals surface area (Å²) in [5, 5.41) is 5.78. The molecule has 47 heavy (non-hydrogen) atoms. The summed E-state index contributed by atoms with van der Waals surface area (Å²) in [5.41, 5.74) is 3.49. The Morgan fingerprint density at radius 2 is 1.77 bits per heavy atom. The lowest BCUT2D eigenvalue weighted by atomic mass is 10.2. The predicted molar refractivity (Wildman–Crippen MR) is 185 cm³/mol. The SMILES string of the molecule is CCOC(=O)C=CC(=O)Nc1ccc(C=CC(=O)NCC(=O)N(C)c2ccc(Cl)c(COc3cccn4c(Br)c(C)nc34)c2Cl)cc1. The number of pyridine rings is 1. The van der Waals surface area contributed by atoms with Crippen LogP contribution in [-0.4, -0.2) is 53.3 Å². The number of anilines is 2. The van der Waals surface area contributed by atoms with Crippen LogP contribution in [0.15, 0.2) is 77.6 Å². The second-order valence-electron chi connectivity index (χ2n) is 9.90. The van der Waals surface area contributed by atoms with Crippen molar-refractivity contribution in [3.05, 3.63) is 104 Å². The molecule has 2 aromatic heterocycles. The third-order valence-corrected chi connectivity index (χ3v) is 8.40. The van der Waals surface area contributed by atoms with Crippen molar-refractivity contribution in [2.24, 2.45) is 0 Å². The molecule has 0 saturated heterocycles. The summed E-state index contributed by atoms with van der Waals surface area (Å²) in [7, 11) is 1.54. The molecule has 3 amide bonds. The van der Waals surface area contributed by atoms with Gasteiger partial charge in [-0.3, -0.25) is 18.8 Å². The molecule has 2 aromatic carbocycles. The smallest absolute Gasteiger partial charge is 0.330 e. The van der Waals surface area contributed by atoms with Crippen molar-refractivity contribution in [2.45, 2.75) is 20.5 Å². The summed E-state index contributed by atoms with van der Waals surface area (Å²) in [4.78, 5) is 54.5. The molecule has 0 bridgehead atoms. The van der Waals surface area contributed by atoms with E-state index >= 15 is 0 Å². The fourth-order valence-electron chi connectivity index (χ4n) is 4.21. The first-order valence-corrected chi connectivity index (χ1v) is 15.7. The minimum absolute atomic E-state index is 0.0259. The lowest BCUT2D eigenvalue weighted by molar-refractivity contribution is -0.137. The van der Waals surface area contributed by atoms with Gasteiger partial charge in [0, 0.05) is 47.7 Å². The predicted octanol–water partition coefficient (Wildman–Crippen LogP) is 6.14. The van der Waals surface area contributed by atoms with Gasteiger partial charge in [0.25, 0.3) is 0 Å². The number of rotatable bonds is 12. The molecule has 0 aliphatic rings. The Balaban J connectivity index is 1.31. The van der Waals surface area contributed by atoms with Gasteiger partial charge in [-0.05, 0) is 77.8 Å². The number of nitrogens with one attached hydrogen (secondary N) is 2. The van der Waals surface area contributed by atoms with Crippen LogP contribution in [0, 0.1) is 6.92 Å². The summed E-state index contributed by atoms with van der Waals surface area (Å²) in [5.74, 6) is -1.47. The monoisotopic (exact) mass is 741 g/mol. The van der Waals surface area contributed by atoms with Gasteiger partial charge in [0.2, 0.25) is 17.7 Å². The number of hydrogen-bond acceptors (Lipinski definition) is 7. The van der Waals surface area contributed by atoms with Crippen LogP contribution in [0.4, 0.5) is 11.4 Å². The molecule has 4 rings (SSSR count). The quantitative estimate of drug-likeness (QED) is 0.132. The van der Waals surface area contributed by atoms with E-state index in [0.29, 0.717) is 38.9 Å². The van der Waals surface area contributed by atoms with E-state index in [0.717, 1.165) is 22.4 Å². The van der Waals surface area contributed by atoms with Crippen LogP contribution in [0.5, 0.6) is 5.75 Å². The van der Waals surface area contributed by atoms with E-state index in [4.69, 9.17) is 32.7 Å². The number of fused-ring (bicyclic) bond motifs is 1. The van der Waals surface area contributed by atoms with Crippen LogP contribution in [0.1, 0.15) is 23.7 Å². The zero-order valence-electron chi connectivity index (χ0n) is 25.6. The zero-order chi connectivity index (χ0) is 34.1. The van der Waals surface area contributed by atoms with Gasteiger partial charge >= 0.3 is 5.97 Å². The molecule has 4 aromatic rings. The minimum Gasteiger partial charge on any atom is -0.485 e. The number of hydrogen-bond donors (Lipinski definition) is 2. The number of imidazole rings is 1. The van der Waals surface area contributed by atoms with Gasteiger partial charge in [-0.2, -0.15) is 0 Å². The maximum absolute atomic E-state index is 13.0. The number of esters is 1. The van der Waals surface area contributed by atoms with Crippen molar-refractivity contribution >= 4 is 85.9 Å². The fourth-order valence-corrected chi connectivity index (χ4v) is 5.19. The molecule has 0 spiro atoms. The van der Waals surface area contributed by atoms with Gasteiger partial charge in [0.05, 0.1) is 29.6 Å². The van der Waals surface area contributed by atoms with Gasteiger partial charge in [0.1, 0.15) is 11.2 Å². The largest absolute Gasteiger partial charge is 0.485 e. The third kappa shape index (κ3) is 9.22. The number of amides is 3. The highest BCUT2D eigenvalue weighted by molar-refractivity contribution is 9.10. The molecule has 14 heteroatoms. The van der Waals surface area contributed by atoms with E-state index < -0.39 is 23.7 Å². The lowest BCUT2D eigenvalue weighted by Crippen LogP contribution is -2.37. The van der Waals surface area contributed by atoms with E-state index in [2.05, 4.69) is 31.5 Å². The molecule has 2 heterocycles. The number of halogens is 3. The highest BCUT2D eigenvalue weighted by atomic mass is 79.9. The maximum atomic E-state index is 13.0. The van der Waals surface area contributed by atoms with Crippen molar-refractivity contribution in [3.63, 3.8) is 0 Å². The number of carbonyl (C=O) groups excluding carboxylic acids is 4. The van der Waals surface area contributed by atoms with E-state index in [1.165, 1.54) is 11.0 Å².